The Bertz CT molecular complexity index is 862. The fraction of sp³-hybridized carbons (Fsp3) is 0.0625. The minimum Gasteiger partial charge on any atom is -0.273 e. The van der Waals surface area contributed by atoms with Crippen molar-refractivity contribution in [2.45, 2.75) is 6.42 Å². The molecule has 0 radical (unpaired) electrons. The summed E-state index contributed by atoms with van der Waals surface area (Å²) in [6.07, 6.45) is 0.108. The Morgan fingerprint density at radius 1 is 1.12 bits per heavy atom. The molecule has 3 rings (SSSR count). The van der Waals surface area contributed by atoms with Crippen LogP contribution < -0.4 is 10.9 Å². The van der Waals surface area contributed by atoms with Crippen LogP contribution in [-0.4, -0.2) is 16.8 Å². The number of aromatic nitrogens is 1. The lowest BCUT2D eigenvalue weighted by Crippen LogP contribution is -2.42. The van der Waals surface area contributed by atoms with Gasteiger partial charge in [0.25, 0.3) is 5.91 Å². The van der Waals surface area contributed by atoms with Crippen LogP contribution in [0.5, 0.6) is 0 Å². The molecule has 0 atom stereocenters. The predicted molar refractivity (Wildman–Crippen MR) is 98.9 cm³/mol. The molecule has 2 N–H and O–H groups in total. The molecule has 122 valence electrons. The number of carbonyl (C=O) groups is 2. The number of nitrogens with one attached hydrogen (secondary N) is 2. The molecule has 0 aliphatic carbocycles. The van der Waals surface area contributed by atoms with Gasteiger partial charge in [0.15, 0.2) is 0 Å². The number of hydrogen-bond donors (Lipinski definition) is 2. The van der Waals surface area contributed by atoms with Gasteiger partial charge in [-0.05, 0) is 39.5 Å². The maximum absolute atomic E-state index is 12.0. The van der Waals surface area contributed by atoms with Crippen LogP contribution in [0, 0.1) is 0 Å². The highest BCUT2D eigenvalue weighted by Gasteiger charge is 2.12. The highest BCUT2D eigenvalue weighted by atomic mass is 79.9. The molecule has 0 unspecified atom stereocenters. The van der Waals surface area contributed by atoms with E-state index >= 15 is 0 Å². The van der Waals surface area contributed by atoms with Gasteiger partial charge >= 0.3 is 0 Å². The molecule has 0 aliphatic heterocycles. The van der Waals surface area contributed by atoms with Gasteiger partial charge in [0.2, 0.25) is 5.91 Å². The van der Waals surface area contributed by atoms with E-state index in [4.69, 9.17) is 0 Å². The Labute approximate surface area is 154 Å². The van der Waals surface area contributed by atoms with Gasteiger partial charge in [-0.1, -0.05) is 12.1 Å². The molecule has 24 heavy (non-hydrogen) atoms. The number of thiophene rings is 1. The van der Waals surface area contributed by atoms with Crippen molar-refractivity contribution in [3.05, 3.63) is 62.2 Å². The molecule has 1 aromatic carbocycles. The van der Waals surface area contributed by atoms with Gasteiger partial charge in [0.05, 0.1) is 17.7 Å². The number of amides is 2. The lowest BCUT2D eigenvalue weighted by molar-refractivity contribution is -0.121. The summed E-state index contributed by atoms with van der Waals surface area (Å²) in [7, 11) is 0. The van der Waals surface area contributed by atoms with E-state index in [1.165, 1.54) is 11.3 Å². The summed E-state index contributed by atoms with van der Waals surface area (Å²) in [5.41, 5.74) is 6.99. The topological polar surface area (TPSA) is 71.1 Å². The minimum absolute atomic E-state index is 0.108. The third kappa shape index (κ3) is 4.08. The largest absolute Gasteiger partial charge is 0.273 e. The smallest absolute Gasteiger partial charge is 0.270 e. The van der Waals surface area contributed by atoms with E-state index in [0.29, 0.717) is 15.7 Å². The number of hydrogen-bond acceptors (Lipinski definition) is 5. The van der Waals surface area contributed by atoms with Gasteiger partial charge in [-0.15, -0.1) is 11.3 Å². The Hall–Kier alpha value is -2.03. The second kappa shape index (κ2) is 7.69. The van der Waals surface area contributed by atoms with E-state index in [1.807, 2.05) is 28.3 Å². The third-order valence-corrected chi connectivity index (χ3v) is 5.41. The summed E-state index contributed by atoms with van der Waals surface area (Å²) in [6, 6.07) is 8.98. The van der Waals surface area contributed by atoms with Crippen LogP contribution >= 0.6 is 38.6 Å². The summed E-state index contributed by atoms with van der Waals surface area (Å²) in [5.74, 6) is -0.703. The lowest BCUT2D eigenvalue weighted by Gasteiger charge is -2.07. The molecule has 0 fully saturated rings. The van der Waals surface area contributed by atoms with Crippen molar-refractivity contribution in [3.8, 4) is 10.6 Å². The SMILES string of the molecule is O=C(Cc1csc(-c2ccsc2)n1)NNC(=O)c1ccccc1Br. The summed E-state index contributed by atoms with van der Waals surface area (Å²) in [4.78, 5) is 28.4. The Morgan fingerprint density at radius 2 is 1.96 bits per heavy atom. The fourth-order valence-corrected chi connectivity index (χ4v) is 3.95. The molecule has 0 aliphatic rings. The van der Waals surface area contributed by atoms with Gasteiger partial charge in [-0.2, -0.15) is 11.3 Å². The first-order valence-corrected chi connectivity index (χ1v) is 9.55. The standard InChI is InChI=1S/C16H12BrN3O2S2/c17-13-4-2-1-3-12(13)15(22)20-19-14(21)7-11-9-24-16(18-11)10-5-6-23-8-10/h1-6,8-9H,7H2,(H,19,21)(H,20,22). The van der Waals surface area contributed by atoms with E-state index in [1.54, 1.807) is 29.5 Å². The van der Waals surface area contributed by atoms with E-state index < -0.39 is 0 Å². The Morgan fingerprint density at radius 3 is 2.71 bits per heavy atom. The zero-order valence-electron chi connectivity index (χ0n) is 12.3. The van der Waals surface area contributed by atoms with Crippen molar-refractivity contribution >= 4 is 50.4 Å². The van der Waals surface area contributed by atoms with Crippen LogP contribution in [0.25, 0.3) is 10.6 Å². The van der Waals surface area contributed by atoms with Crippen LogP contribution in [0.15, 0.2) is 50.9 Å². The van der Waals surface area contributed by atoms with Crippen molar-refractivity contribution in [2.24, 2.45) is 0 Å². The van der Waals surface area contributed by atoms with E-state index in [-0.39, 0.29) is 18.2 Å². The Kier molecular flexibility index (Phi) is 5.39. The highest BCUT2D eigenvalue weighted by molar-refractivity contribution is 9.10. The number of thiazole rings is 1. The van der Waals surface area contributed by atoms with Crippen molar-refractivity contribution in [1.82, 2.24) is 15.8 Å². The average molecular weight is 422 g/mol. The van der Waals surface area contributed by atoms with E-state index in [0.717, 1.165) is 10.6 Å². The van der Waals surface area contributed by atoms with Crippen LogP contribution in [0.2, 0.25) is 0 Å². The molecule has 3 aromatic rings. The van der Waals surface area contributed by atoms with Crippen molar-refractivity contribution in [3.63, 3.8) is 0 Å². The number of halogens is 1. The predicted octanol–water partition coefficient (Wildman–Crippen LogP) is 3.64. The van der Waals surface area contributed by atoms with Crippen LogP contribution in [0.3, 0.4) is 0 Å². The quantitative estimate of drug-likeness (QED) is 0.631. The lowest BCUT2D eigenvalue weighted by atomic mass is 10.2. The Balaban J connectivity index is 1.55. The van der Waals surface area contributed by atoms with Crippen molar-refractivity contribution in [2.75, 3.05) is 0 Å². The maximum Gasteiger partial charge on any atom is 0.270 e. The average Bonchev–Trinajstić information content (AvgIpc) is 3.24. The van der Waals surface area contributed by atoms with Crippen LogP contribution in [0.1, 0.15) is 16.1 Å². The summed E-state index contributed by atoms with van der Waals surface area (Å²) >= 11 is 6.40. The second-order valence-electron chi connectivity index (χ2n) is 4.81. The third-order valence-electron chi connectivity index (χ3n) is 3.10. The van der Waals surface area contributed by atoms with E-state index in [9.17, 15) is 9.59 Å². The maximum atomic E-state index is 12.0. The number of rotatable bonds is 4. The molecule has 2 heterocycles. The zero-order valence-corrected chi connectivity index (χ0v) is 15.5. The van der Waals surface area contributed by atoms with Crippen LogP contribution in [-0.2, 0) is 11.2 Å². The minimum atomic E-state index is -0.381. The van der Waals surface area contributed by atoms with Crippen molar-refractivity contribution in [1.29, 1.82) is 0 Å². The van der Waals surface area contributed by atoms with E-state index in [2.05, 4.69) is 31.8 Å². The number of hydrazine groups is 1. The molecule has 2 amide bonds. The molecule has 0 saturated carbocycles. The molecule has 0 spiro atoms. The second-order valence-corrected chi connectivity index (χ2v) is 7.31. The molecule has 0 bridgehead atoms. The summed E-state index contributed by atoms with van der Waals surface area (Å²) < 4.78 is 0.664. The normalized spacial score (nSPS) is 10.4. The fourth-order valence-electron chi connectivity index (χ4n) is 1.95. The molecule has 8 heteroatoms. The van der Waals surface area contributed by atoms with Gasteiger partial charge < -0.3 is 0 Å². The number of nitrogens with zero attached hydrogens (tertiary/aromatic N) is 1. The van der Waals surface area contributed by atoms with Gasteiger partial charge in [-0.25, -0.2) is 4.98 Å². The van der Waals surface area contributed by atoms with Gasteiger partial charge in [0.1, 0.15) is 5.01 Å². The van der Waals surface area contributed by atoms with Crippen LogP contribution in [0.4, 0.5) is 0 Å². The molecule has 5 nitrogen and oxygen atoms in total. The highest BCUT2D eigenvalue weighted by Crippen LogP contribution is 2.25. The number of benzene rings is 1. The molecular weight excluding hydrogens is 410 g/mol. The summed E-state index contributed by atoms with van der Waals surface area (Å²) in [6.45, 7) is 0. The first-order chi connectivity index (χ1) is 11.6. The monoisotopic (exact) mass is 421 g/mol. The molecule has 0 saturated heterocycles. The first kappa shape index (κ1) is 16.8. The molecule has 2 aromatic heterocycles. The van der Waals surface area contributed by atoms with Gasteiger partial charge in [-0.3, -0.25) is 20.4 Å². The number of carbonyl (C=O) groups excluding carboxylic acids is 2. The zero-order chi connectivity index (χ0) is 16.9. The summed E-state index contributed by atoms with van der Waals surface area (Å²) in [5, 5.41) is 6.74. The molecular formula is C16H12BrN3O2S2. The van der Waals surface area contributed by atoms with Crippen molar-refractivity contribution < 1.29 is 9.59 Å². The van der Waals surface area contributed by atoms with Gasteiger partial charge in [0, 0.05) is 20.8 Å². The first-order valence-electron chi connectivity index (χ1n) is 6.94.